The van der Waals surface area contributed by atoms with Crippen molar-refractivity contribution >= 4 is 11.7 Å². The van der Waals surface area contributed by atoms with Gasteiger partial charge < -0.3 is 5.32 Å². The molecule has 0 aromatic heterocycles. The summed E-state index contributed by atoms with van der Waals surface area (Å²) in [6.07, 6.45) is -4.41. The van der Waals surface area contributed by atoms with Gasteiger partial charge in [-0.15, -0.1) is 0 Å². The van der Waals surface area contributed by atoms with Crippen LogP contribution in [-0.2, 0) is 4.79 Å². The van der Waals surface area contributed by atoms with Crippen LogP contribution in [0.25, 0.3) is 11.1 Å². The van der Waals surface area contributed by atoms with E-state index in [-0.39, 0.29) is 23.8 Å². The van der Waals surface area contributed by atoms with E-state index in [1.54, 1.807) is 24.3 Å². The number of benzene rings is 2. The molecule has 5 nitrogen and oxygen atoms in total. The van der Waals surface area contributed by atoms with Gasteiger partial charge in [0.1, 0.15) is 0 Å². The van der Waals surface area contributed by atoms with Gasteiger partial charge in [0.2, 0.25) is 5.91 Å². The van der Waals surface area contributed by atoms with Crippen LogP contribution in [0, 0.1) is 17.2 Å². The second-order valence-corrected chi connectivity index (χ2v) is 7.96. The second-order valence-electron chi connectivity index (χ2n) is 7.96. The van der Waals surface area contributed by atoms with Crippen molar-refractivity contribution < 1.29 is 22.8 Å². The van der Waals surface area contributed by atoms with Crippen LogP contribution in [0.5, 0.6) is 0 Å². The highest BCUT2D eigenvalue weighted by Gasteiger charge is 2.42. The number of Topliss-reactive ketones (excluding diaryl/α,β-unsaturated/α-hetero) is 1. The predicted molar refractivity (Wildman–Crippen MR) is 116 cm³/mol. The summed E-state index contributed by atoms with van der Waals surface area (Å²) in [7, 11) is 0. The number of hydrogen-bond donors (Lipinski definition) is 2. The van der Waals surface area contributed by atoms with Gasteiger partial charge in [-0.2, -0.15) is 18.4 Å². The first-order valence-electron chi connectivity index (χ1n) is 10.2. The molecule has 0 aliphatic carbocycles. The molecule has 0 unspecified atom stereocenters. The molecule has 1 amide bonds. The van der Waals surface area contributed by atoms with Gasteiger partial charge in [0.15, 0.2) is 11.8 Å². The first-order chi connectivity index (χ1) is 15.0. The van der Waals surface area contributed by atoms with Gasteiger partial charge >= 0.3 is 6.18 Å². The molecule has 0 radical (unpaired) electrons. The lowest BCUT2D eigenvalue weighted by molar-refractivity contribution is -0.164. The molecule has 2 aromatic rings. The van der Waals surface area contributed by atoms with Gasteiger partial charge in [0.25, 0.3) is 0 Å². The van der Waals surface area contributed by atoms with Gasteiger partial charge in [-0.1, -0.05) is 56.3 Å². The highest BCUT2D eigenvalue weighted by atomic mass is 19.4. The van der Waals surface area contributed by atoms with Crippen LogP contribution < -0.4 is 10.6 Å². The third-order valence-corrected chi connectivity index (χ3v) is 4.91. The average Bonchev–Trinajstić information content (AvgIpc) is 2.74. The van der Waals surface area contributed by atoms with E-state index in [1.807, 2.05) is 19.9 Å². The lowest BCUT2D eigenvalue weighted by Crippen LogP contribution is -2.49. The first kappa shape index (κ1) is 25.1. The highest BCUT2D eigenvalue weighted by molar-refractivity contribution is 5.95. The number of ketones is 1. The largest absolute Gasteiger partial charge is 0.412 e. The number of carbonyl (C=O) groups excluding carboxylic acids is 2. The lowest BCUT2D eigenvalue weighted by atomic mass is 9.98. The van der Waals surface area contributed by atoms with Crippen molar-refractivity contribution in [3.05, 3.63) is 59.7 Å². The Morgan fingerprint density at radius 3 is 2.25 bits per heavy atom. The number of rotatable bonds is 9. The Hall–Kier alpha value is -3.18. The van der Waals surface area contributed by atoms with Crippen LogP contribution in [0.2, 0.25) is 0 Å². The molecule has 0 aliphatic rings. The van der Waals surface area contributed by atoms with Crippen molar-refractivity contribution in [1.82, 2.24) is 10.6 Å². The summed E-state index contributed by atoms with van der Waals surface area (Å²) < 4.78 is 41.4. The molecule has 8 heteroatoms. The number of hydrogen-bond acceptors (Lipinski definition) is 4. The fourth-order valence-electron chi connectivity index (χ4n) is 3.31. The number of nitriles is 1. The fraction of sp³-hybridized carbons (Fsp3) is 0.375. The number of amides is 1. The number of alkyl halides is 3. The molecule has 0 aliphatic heterocycles. The van der Waals surface area contributed by atoms with Crippen molar-refractivity contribution in [2.24, 2.45) is 5.92 Å². The number of nitrogens with one attached hydrogen (secondary N) is 2. The van der Waals surface area contributed by atoms with Crippen LogP contribution in [-0.4, -0.2) is 30.5 Å². The molecule has 170 valence electrons. The monoisotopic (exact) mass is 445 g/mol. The Balaban J connectivity index is 2.28. The molecule has 0 heterocycles. The average molecular weight is 445 g/mol. The molecular formula is C24H26F3N3O2. The third kappa shape index (κ3) is 6.92. The molecule has 0 saturated carbocycles. The molecule has 0 saturated heterocycles. The van der Waals surface area contributed by atoms with Gasteiger partial charge in [0, 0.05) is 5.56 Å². The van der Waals surface area contributed by atoms with Gasteiger partial charge in [0.05, 0.1) is 18.7 Å². The second kappa shape index (κ2) is 10.9. The maximum absolute atomic E-state index is 13.8. The smallest absolute Gasteiger partial charge is 0.339 e. The molecule has 0 spiro atoms. The Bertz CT molecular complexity index is 979. The molecule has 2 atom stereocenters. The van der Waals surface area contributed by atoms with E-state index in [0.29, 0.717) is 23.1 Å². The van der Waals surface area contributed by atoms with Crippen LogP contribution in [0.1, 0.15) is 49.2 Å². The summed E-state index contributed by atoms with van der Waals surface area (Å²) >= 11 is 0. The molecule has 0 fully saturated rings. The van der Waals surface area contributed by atoms with E-state index in [0.717, 1.165) is 0 Å². The van der Waals surface area contributed by atoms with E-state index < -0.39 is 24.2 Å². The maximum Gasteiger partial charge on any atom is 0.412 e. The number of nitrogens with zero attached hydrogens (tertiary/aromatic N) is 1. The van der Waals surface area contributed by atoms with Crippen LogP contribution in [0.3, 0.4) is 0 Å². The van der Waals surface area contributed by atoms with Crippen molar-refractivity contribution in [1.29, 1.82) is 5.26 Å². The minimum atomic E-state index is -4.71. The lowest BCUT2D eigenvalue weighted by Gasteiger charge is -2.26. The Kier molecular flexibility index (Phi) is 8.56. The zero-order chi connectivity index (χ0) is 23.9. The fourth-order valence-corrected chi connectivity index (χ4v) is 3.31. The standard InChI is InChI=1S/C24H26F3N3O2/c1-15(2)13-21(29-12-11-28)23(32)30-22(24(25,26)27)18-9-7-17(8-10-18)20-6-4-5-19(14-20)16(3)31/h4-10,14-15,21-22,29H,12-13H2,1-3H3,(H,30,32)/t21-,22-/m0/s1. The van der Waals surface area contributed by atoms with E-state index in [9.17, 15) is 22.8 Å². The Morgan fingerprint density at radius 1 is 1.06 bits per heavy atom. The zero-order valence-corrected chi connectivity index (χ0v) is 18.2. The Labute approximate surface area is 185 Å². The predicted octanol–water partition coefficient (Wildman–Crippen LogP) is 4.80. The molecule has 32 heavy (non-hydrogen) atoms. The number of halogens is 3. The molecule has 2 aromatic carbocycles. The van der Waals surface area contributed by atoms with Crippen LogP contribution >= 0.6 is 0 Å². The minimum absolute atomic E-state index is 0.0475. The van der Waals surface area contributed by atoms with Crippen molar-refractivity contribution in [2.75, 3.05) is 6.54 Å². The van der Waals surface area contributed by atoms with E-state index in [4.69, 9.17) is 5.26 Å². The van der Waals surface area contributed by atoms with Gasteiger partial charge in [-0.25, -0.2) is 0 Å². The van der Waals surface area contributed by atoms with Crippen molar-refractivity contribution in [2.45, 2.75) is 45.5 Å². The van der Waals surface area contributed by atoms with E-state index in [2.05, 4.69) is 10.6 Å². The van der Waals surface area contributed by atoms with Crippen LogP contribution in [0.15, 0.2) is 48.5 Å². The topological polar surface area (TPSA) is 82.0 Å². The van der Waals surface area contributed by atoms with Gasteiger partial charge in [-0.3, -0.25) is 14.9 Å². The third-order valence-electron chi connectivity index (χ3n) is 4.91. The Morgan fingerprint density at radius 2 is 1.72 bits per heavy atom. The first-order valence-corrected chi connectivity index (χ1v) is 10.2. The number of carbonyl (C=O) groups is 2. The summed E-state index contributed by atoms with van der Waals surface area (Å²) in [5.74, 6) is -0.870. The SMILES string of the molecule is CC(=O)c1cccc(-c2ccc([C@H](NC(=O)[C@H](CC(C)C)NCC#N)C(F)(F)F)cc2)c1. The minimum Gasteiger partial charge on any atom is -0.339 e. The molecule has 2 rings (SSSR count). The zero-order valence-electron chi connectivity index (χ0n) is 18.2. The maximum atomic E-state index is 13.8. The van der Waals surface area contributed by atoms with E-state index >= 15 is 0 Å². The summed E-state index contributed by atoms with van der Waals surface area (Å²) in [5.41, 5.74) is 1.75. The molecular weight excluding hydrogens is 419 g/mol. The molecule has 0 bridgehead atoms. The summed E-state index contributed by atoms with van der Waals surface area (Å²) in [5, 5.41) is 13.5. The van der Waals surface area contributed by atoms with Crippen molar-refractivity contribution in [3.63, 3.8) is 0 Å². The highest BCUT2D eigenvalue weighted by Crippen LogP contribution is 2.34. The summed E-state index contributed by atoms with van der Waals surface area (Å²) in [6, 6.07) is 11.2. The van der Waals surface area contributed by atoms with Gasteiger partial charge in [-0.05, 0) is 42.0 Å². The van der Waals surface area contributed by atoms with Crippen LogP contribution in [0.4, 0.5) is 13.2 Å². The molecule has 2 N–H and O–H groups in total. The normalized spacial score (nSPS) is 13.3. The van der Waals surface area contributed by atoms with E-state index in [1.165, 1.54) is 31.2 Å². The quantitative estimate of drug-likeness (QED) is 0.429. The summed E-state index contributed by atoms with van der Waals surface area (Å²) in [4.78, 5) is 24.2. The van der Waals surface area contributed by atoms with Crippen molar-refractivity contribution in [3.8, 4) is 17.2 Å². The summed E-state index contributed by atoms with van der Waals surface area (Å²) in [6.45, 7) is 4.98.